The number of aromatic nitrogens is 2. The Bertz CT molecular complexity index is 593. The minimum atomic E-state index is 0.329. The lowest BCUT2D eigenvalue weighted by molar-refractivity contribution is 0.638. The van der Waals surface area contributed by atoms with Crippen LogP contribution in [0.3, 0.4) is 0 Å². The summed E-state index contributed by atoms with van der Waals surface area (Å²) in [5.41, 5.74) is 0.916. The minimum absolute atomic E-state index is 0.329. The van der Waals surface area contributed by atoms with Crippen LogP contribution in [-0.2, 0) is 0 Å². The highest BCUT2D eigenvalue weighted by Crippen LogP contribution is 2.34. The van der Waals surface area contributed by atoms with Crippen molar-refractivity contribution in [3.63, 3.8) is 0 Å². The minimum Gasteiger partial charge on any atom is -0.353 e. The molecule has 0 radical (unpaired) electrons. The van der Waals surface area contributed by atoms with Crippen molar-refractivity contribution in [2.45, 2.75) is 32.7 Å². The molecule has 0 atom stereocenters. The van der Waals surface area contributed by atoms with Gasteiger partial charge in [0.15, 0.2) is 0 Å². The molecule has 1 aromatic carbocycles. The number of hydrogen-bond donors (Lipinski definition) is 0. The molecule has 0 aliphatic heterocycles. The van der Waals surface area contributed by atoms with Gasteiger partial charge in [-0.15, -0.1) is 0 Å². The predicted molar refractivity (Wildman–Crippen MR) is 79.8 cm³/mol. The first-order chi connectivity index (χ1) is 9.15. The number of hydrogen-bond acceptors (Lipinski definition) is 3. The van der Waals surface area contributed by atoms with E-state index in [9.17, 15) is 0 Å². The molecule has 1 heterocycles. The third-order valence-electron chi connectivity index (χ3n) is 3.60. The van der Waals surface area contributed by atoms with Gasteiger partial charge in [0, 0.05) is 18.0 Å². The van der Waals surface area contributed by atoms with Crippen molar-refractivity contribution >= 4 is 28.3 Å². The van der Waals surface area contributed by atoms with Gasteiger partial charge in [0.1, 0.15) is 5.82 Å². The largest absolute Gasteiger partial charge is 0.353 e. The zero-order chi connectivity index (χ0) is 13.4. The standard InChI is InChI=1S/C15H18ClN3/c1-10(2)19(9-11-7-8-11)14-12-5-3-4-6-13(12)17-15(16)18-14/h3-6,10-11H,7-9H2,1-2H3. The van der Waals surface area contributed by atoms with Gasteiger partial charge in [-0.1, -0.05) is 12.1 Å². The van der Waals surface area contributed by atoms with Crippen LogP contribution in [-0.4, -0.2) is 22.6 Å². The summed E-state index contributed by atoms with van der Waals surface area (Å²) in [7, 11) is 0. The second kappa shape index (κ2) is 4.97. The normalized spacial score (nSPS) is 15.2. The summed E-state index contributed by atoms with van der Waals surface area (Å²) in [6, 6.07) is 8.48. The number of para-hydroxylation sites is 1. The maximum absolute atomic E-state index is 6.08. The molecule has 1 aromatic heterocycles. The molecule has 0 saturated heterocycles. The smallest absolute Gasteiger partial charge is 0.224 e. The van der Waals surface area contributed by atoms with Crippen LogP contribution >= 0.6 is 11.6 Å². The first-order valence-corrected chi connectivity index (χ1v) is 7.22. The highest BCUT2D eigenvalue weighted by Gasteiger charge is 2.27. The lowest BCUT2D eigenvalue weighted by Gasteiger charge is -2.29. The summed E-state index contributed by atoms with van der Waals surface area (Å²) in [5.74, 6) is 1.78. The van der Waals surface area contributed by atoms with Crippen LogP contribution in [0.25, 0.3) is 10.9 Å². The summed E-state index contributed by atoms with van der Waals surface area (Å²) < 4.78 is 0. The van der Waals surface area contributed by atoms with E-state index in [2.05, 4.69) is 34.8 Å². The number of benzene rings is 1. The van der Waals surface area contributed by atoms with Crippen LogP contribution in [0, 0.1) is 5.92 Å². The first-order valence-electron chi connectivity index (χ1n) is 6.84. The summed E-state index contributed by atoms with van der Waals surface area (Å²) in [6.45, 7) is 5.47. The van der Waals surface area contributed by atoms with Crippen molar-refractivity contribution in [2.75, 3.05) is 11.4 Å². The van der Waals surface area contributed by atoms with Crippen LogP contribution in [0.15, 0.2) is 24.3 Å². The van der Waals surface area contributed by atoms with Crippen molar-refractivity contribution in [1.29, 1.82) is 0 Å². The molecule has 1 fully saturated rings. The topological polar surface area (TPSA) is 29.0 Å². The van der Waals surface area contributed by atoms with Crippen LogP contribution in [0.1, 0.15) is 26.7 Å². The van der Waals surface area contributed by atoms with Crippen LogP contribution < -0.4 is 4.90 Å². The number of anilines is 1. The molecular weight excluding hydrogens is 258 g/mol. The Morgan fingerprint density at radius 2 is 2.00 bits per heavy atom. The van der Waals surface area contributed by atoms with E-state index in [1.807, 2.05) is 18.2 Å². The number of nitrogens with zero attached hydrogens (tertiary/aromatic N) is 3. The maximum atomic E-state index is 6.08. The van der Waals surface area contributed by atoms with E-state index in [1.165, 1.54) is 12.8 Å². The Kier molecular flexibility index (Phi) is 3.31. The molecule has 0 spiro atoms. The molecule has 0 bridgehead atoms. The van der Waals surface area contributed by atoms with Crippen LogP contribution in [0.5, 0.6) is 0 Å². The molecule has 3 nitrogen and oxygen atoms in total. The molecular formula is C15H18ClN3. The molecule has 1 aliphatic rings. The van der Waals surface area contributed by atoms with Gasteiger partial charge in [0.2, 0.25) is 5.28 Å². The first kappa shape index (κ1) is 12.7. The molecule has 0 unspecified atom stereocenters. The summed E-state index contributed by atoms with van der Waals surface area (Å²) in [4.78, 5) is 11.1. The quantitative estimate of drug-likeness (QED) is 0.792. The van der Waals surface area contributed by atoms with Gasteiger partial charge in [0.25, 0.3) is 0 Å². The Morgan fingerprint density at radius 3 is 2.68 bits per heavy atom. The molecule has 100 valence electrons. The van der Waals surface area contributed by atoms with Crippen molar-refractivity contribution in [3.05, 3.63) is 29.5 Å². The van der Waals surface area contributed by atoms with Gasteiger partial charge < -0.3 is 4.90 Å². The van der Waals surface area contributed by atoms with Crippen molar-refractivity contribution < 1.29 is 0 Å². The molecule has 1 saturated carbocycles. The number of halogens is 1. The fourth-order valence-corrected chi connectivity index (χ4v) is 2.54. The lowest BCUT2D eigenvalue weighted by Crippen LogP contribution is -2.33. The van der Waals surface area contributed by atoms with Crippen molar-refractivity contribution in [3.8, 4) is 0 Å². The summed E-state index contributed by atoms with van der Waals surface area (Å²) >= 11 is 6.08. The van der Waals surface area contributed by atoms with E-state index in [4.69, 9.17) is 11.6 Å². The Hall–Kier alpha value is -1.35. The molecule has 19 heavy (non-hydrogen) atoms. The zero-order valence-electron chi connectivity index (χ0n) is 11.3. The molecule has 4 heteroatoms. The highest BCUT2D eigenvalue weighted by atomic mass is 35.5. The Labute approximate surface area is 118 Å². The molecule has 0 N–H and O–H groups in total. The number of fused-ring (bicyclic) bond motifs is 1. The van der Waals surface area contributed by atoms with Crippen LogP contribution in [0.2, 0.25) is 5.28 Å². The van der Waals surface area contributed by atoms with Gasteiger partial charge in [-0.05, 0) is 56.3 Å². The van der Waals surface area contributed by atoms with Crippen molar-refractivity contribution in [2.24, 2.45) is 5.92 Å². The van der Waals surface area contributed by atoms with E-state index in [0.717, 1.165) is 29.2 Å². The van der Waals surface area contributed by atoms with Gasteiger partial charge in [-0.25, -0.2) is 4.98 Å². The fraction of sp³-hybridized carbons (Fsp3) is 0.467. The van der Waals surface area contributed by atoms with Gasteiger partial charge in [-0.3, -0.25) is 0 Å². The van der Waals surface area contributed by atoms with E-state index < -0.39 is 0 Å². The predicted octanol–water partition coefficient (Wildman–Crippen LogP) is 3.91. The van der Waals surface area contributed by atoms with E-state index in [0.29, 0.717) is 11.3 Å². The van der Waals surface area contributed by atoms with E-state index in [1.54, 1.807) is 0 Å². The fourth-order valence-electron chi connectivity index (χ4n) is 2.37. The monoisotopic (exact) mass is 275 g/mol. The second-order valence-electron chi connectivity index (χ2n) is 5.52. The number of rotatable bonds is 4. The Morgan fingerprint density at radius 1 is 1.26 bits per heavy atom. The third kappa shape index (κ3) is 2.66. The second-order valence-corrected chi connectivity index (χ2v) is 5.86. The molecule has 0 amide bonds. The summed E-state index contributed by atoms with van der Waals surface area (Å²) in [6.07, 6.45) is 2.67. The lowest BCUT2D eigenvalue weighted by atomic mass is 10.2. The van der Waals surface area contributed by atoms with Gasteiger partial charge >= 0.3 is 0 Å². The molecule has 2 aromatic rings. The van der Waals surface area contributed by atoms with E-state index >= 15 is 0 Å². The van der Waals surface area contributed by atoms with Gasteiger partial charge in [0.05, 0.1) is 5.52 Å². The molecule has 1 aliphatic carbocycles. The van der Waals surface area contributed by atoms with Gasteiger partial charge in [-0.2, -0.15) is 4.98 Å². The Balaban J connectivity index is 2.09. The highest BCUT2D eigenvalue weighted by molar-refractivity contribution is 6.28. The zero-order valence-corrected chi connectivity index (χ0v) is 12.1. The average molecular weight is 276 g/mol. The third-order valence-corrected chi connectivity index (χ3v) is 3.77. The molecule has 3 rings (SSSR count). The van der Waals surface area contributed by atoms with Crippen molar-refractivity contribution in [1.82, 2.24) is 9.97 Å². The summed E-state index contributed by atoms with van der Waals surface area (Å²) in [5, 5.41) is 1.41. The van der Waals surface area contributed by atoms with E-state index in [-0.39, 0.29) is 0 Å². The average Bonchev–Trinajstić information content (AvgIpc) is 3.18. The maximum Gasteiger partial charge on any atom is 0.224 e. The van der Waals surface area contributed by atoms with Crippen LogP contribution in [0.4, 0.5) is 5.82 Å². The SMILES string of the molecule is CC(C)N(CC1CC1)c1nc(Cl)nc2ccccc12.